The minimum absolute atomic E-state index is 0.0678. The van der Waals surface area contributed by atoms with Gasteiger partial charge in [0.15, 0.2) is 0 Å². The maximum Gasteiger partial charge on any atom is 0.228 e. The van der Waals surface area contributed by atoms with E-state index in [1.807, 2.05) is 55.4 Å². The van der Waals surface area contributed by atoms with Gasteiger partial charge in [-0.3, -0.25) is 4.79 Å². The van der Waals surface area contributed by atoms with Gasteiger partial charge in [-0.1, -0.05) is 28.1 Å². The van der Waals surface area contributed by atoms with Crippen molar-refractivity contribution in [2.45, 2.75) is 6.42 Å². The number of nitrogen functional groups attached to an aromatic ring is 1. The number of benzene rings is 2. The Balaban J connectivity index is 2.14. The molecule has 0 spiro atoms. The normalized spacial score (nSPS) is 10.2. The number of anilines is 3. The highest BCUT2D eigenvalue weighted by Crippen LogP contribution is 2.28. The van der Waals surface area contributed by atoms with Crippen LogP contribution in [0.5, 0.6) is 0 Å². The average Bonchev–Trinajstić information content (AvgIpc) is 2.38. The summed E-state index contributed by atoms with van der Waals surface area (Å²) in [5, 5.41) is 2.95. The molecule has 0 aliphatic rings. The fraction of sp³-hybridized carbons (Fsp3) is 0.188. The van der Waals surface area contributed by atoms with Crippen LogP contribution in [0.2, 0.25) is 0 Å². The lowest BCUT2D eigenvalue weighted by Gasteiger charge is -2.18. The van der Waals surface area contributed by atoms with E-state index in [1.165, 1.54) is 0 Å². The van der Waals surface area contributed by atoms with Gasteiger partial charge in [-0.25, -0.2) is 0 Å². The van der Waals surface area contributed by atoms with Crippen LogP contribution in [-0.2, 0) is 11.2 Å². The highest BCUT2D eigenvalue weighted by atomic mass is 79.9. The van der Waals surface area contributed by atoms with E-state index in [4.69, 9.17) is 5.73 Å². The Bertz CT molecular complexity index is 656. The van der Waals surface area contributed by atoms with Crippen LogP contribution in [0.25, 0.3) is 0 Å². The van der Waals surface area contributed by atoms with Gasteiger partial charge in [-0.05, 0) is 35.9 Å². The molecule has 0 fully saturated rings. The largest absolute Gasteiger partial charge is 0.399 e. The summed E-state index contributed by atoms with van der Waals surface area (Å²) in [7, 11) is 3.88. The van der Waals surface area contributed by atoms with Crippen molar-refractivity contribution in [3.05, 3.63) is 52.5 Å². The van der Waals surface area contributed by atoms with E-state index in [2.05, 4.69) is 21.2 Å². The maximum atomic E-state index is 12.2. The average molecular weight is 348 g/mol. The summed E-state index contributed by atoms with van der Waals surface area (Å²) in [4.78, 5) is 14.2. The highest BCUT2D eigenvalue weighted by Gasteiger charge is 2.10. The molecule has 0 bridgehead atoms. The molecule has 0 saturated carbocycles. The predicted octanol–water partition coefficient (Wildman–Crippen LogP) is 3.28. The first-order chi connectivity index (χ1) is 9.95. The van der Waals surface area contributed by atoms with Crippen LogP contribution in [-0.4, -0.2) is 20.0 Å². The Morgan fingerprint density at radius 1 is 1.24 bits per heavy atom. The van der Waals surface area contributed by atoms with Crippen molar-refractivity contribution in [2.24, 2.45) is 0 Å². The zero-order chi connectivity index (χ0) is 15.4. The number of halogens is 1. The van der Waals surface area contributed by atoms with Crippen LogP contribution in [0.3, 0.4) is 0 Å². The van der Waals surface area contributed by atoms with E-state index in [0.29, 0.717) is 12.1 Å². The summed E-state index contributed by atoms with van der Waals surface area (Å²) < 4.78 is 0.923. The Labute approximate surface area is 133 Å². The second-order valence-electron chi connectivity index (χ2n) is 5.03. The standard InChI is InChI=1S/C16H18BrN3O/c1-20(2)15-7-6-12(17)10-14(15)19-16(21)9-11-4-3-5-13(18)8-11/h3-8,10H,9,18H2,1-2H3,(H,19,21). The number of nitrogens with one attached hydrogen (secondary N) is 1. The van der Waals surface area contributed by atoms with E-state index in [1.54, 1.807) is 6.07 Å². The van der Waals surface area contributed by atoms with E-state index < -0.39 is 0 Å². The van der Waals surface area contributed by atoms with Crippen molar-refractivity contribution < 1.29 is 4.79 Å². The fourth-order valence-corrected chi connectivity index (χ4v) is 2.44. The molecule has 2 rings (SSSR count). The predicted molar refractivity (Wildman–Crippen MR) is 91.7 cm³/mol. The quantitative estimate of drug-likeness (QED) is 0.834. The molecule has 0 aliphatic carbocycles. The van der Waals surface area contributed by atoms with Crippen molar-refractivity contribution in [1.82, 2.24) is 0 Å². The molecular formula is C16H18BrN3O. The Kier molecular flexibility index (Phi) is 4.85. The van der Waals surface area contributed by atoms with Crippen LogP contribution in [0.4, 0.5) is 17.1 Å². The number of amides is 1. The number of nitrogens with zero attached hydrogens (tertiary/aromatic N) is 1. The molecular weight excluding hydrogens is 330 g/mol. The van der Waals surface area contributed by atoms with Gasteiger partial charge in [0, 0.05) is 24.3 Å². The van der Waals surface area contributed by atoms with Crippen molar-refractivity contribution in [3.63, 3.8) is 0 Å². The third kappa shape index (κ3) is 4.23. The van der Waals surface area contributed by atoms with Crippen LogP contribution in [0.1, 0.15) is 5.56 Å². The molecule has 0 heterocycles. The summed E-state index contributed by atoms with van der Waals surface area (Å²) in [6.45, 7) is 0. The van der Waals surface area contributed by atoms with Gasteiger partial charge < -0.3 is 16.0 Å². The number of carbonyl (C=O) groups is 1. The van der Waals surface area contributed by atoms with Crippen molar-refractivity contribution in [1.29, 1.82) is 0 Å². The minimum atomic E-state index is -0.0678. The van der Waals surface area contributed by atoms with Gasteiger partial charge in [-0.2, -0.15) is 0 Å². The lowest BCUT2D eigenvalue weighted by atomic mass is 10.1. The Hall–Kier alpha value is -2.01. The molecule has 0 unspecified atom stereocenters. The third-order valence-corrected chi connectivity index (χ3v) is 3.52. The molecule has 0 atom stereocenters. The van der Waals surface area contributed by atoms with Crippen molar-refractivity contribution >= 4 is 38.9 Å². The van der Waals surface area contributed by atoms with Gasteiger partial charge in [0.05, 0.1) is 17.8 Å². The van der Waals surface area contributed by atoms with Crippen LogP contribution >= 0.6 is 15.9 Å². The topological polar surface area (TPSA) is 58.4 Å². The summed E-state index contributed by atoms with van der Waals surface area (Å²) in [5.41, 5.74) is 9.03. The summed E-state index contributed by atoms with van der Waals surface area (Å²) in [5.74, 6) is -0.0678. The zero-order valence-corrected chi connectivity index (χ0v) is 13.6. The lowest BCUT2D eigenvalue weighted by Crippen LogP contribution is -2.18. The molecule has 0 radical (unpaired) electrons. The number of hydrogen-bond acceptors (Lipinski definition) is 3. The van der Waals surface area contributed by atoms with Gasteiger partial charge in [0.1, 0.15) is 0 Å². The highest BCUT2D eigenvalue weighted by molar-refractivity contribution is 9.10. The molecule has 0 aliphatic heterocycles. The fourth-order valence-electron chi connectivity index (χ4n) is 2.08. The van der Waals surface area contributed by atoms with Gasteiger partial charge in [-0.15, -0.1) is 0 Å². The molecule has 0 aromatic heterocycles. The first-order valence-corrected chi connectivity index (χ1v) is 7.36. The molecule has 5 heteroatoms. The maximum absolute atomic E-state index is 12.2. The summed E-state index contributed by atoms with van der Waals surface area (Å²) >= 11 is 3.43. The molecule has 4 nitrogen and oxygen atoms in total. The number of rotatable bonds is 4. The van der Waals surface area contributed by atoms with Crippen LogP contribution < -0.4 is 16.0 Å². The Morgan fingerprint density at radius 3 is 2.67 bits per heavy atom. The molecule has 1 amide bonds. The number of carbonyl (C=O) groups excluding carboxylic acids is 1. The van der Waals surface area contributed by atoms with Crippen LogP contribution in [0.15, 0.2) is 46.9 Å². The second kappa shape index (κ2) is 6.63. The molecule has 2 aromatic carbocycles. The second-order valence-corrected chi connectivity index (χ2v) is 5.94. The van der Waals surface area contributed by atoms with Crippen molar-refractivity contribution in [2.75, 3.05) is 30.0 Å². The van der Waals surface area contributed by atoms with Gasteiger partial charge >= 0.3 is 0 Å². The van der Waals surface area contributed by atoms with E-state index in [9.17, 15) is 4.79 Å². The first kappa shape index (κ1) is 15.4. The zero-order valence-electron chi connectivity index (χ0n) is 12.1. The van der Waals surface area contributed by atoms with Gasteiger partial charge in [0.2, 0.25) is 5.91 Å². The van der Waals surface area contributed by atoms with Crippen LogP contribution in [0, 0.1) is 0 Å². The number of nitrogens with two attached hydrogens (primary N) is 1. The first-order valence-electron chi connectivity index (χ1n) is 6.57. The lowest BCUT2D eigenvalue weighted by molar-refractivity contribution is -0.115. The molecule has 21 heavy (non-hydrogen) atoms. The van der Waals surface area contributed by atoms with Gasteiger partial charge in [0.25, 0.3) is 0 Å². The van der Waals surface area contributed by atoms with E-state index in [-0.39, 0.29) is 5.91 Å². The molecule has 3 N–H and O–H groups in total. The smallest absolute Gasteiger partial charge is 0.228 e. The monoisotopic (exact) mass is 347 g/mol. The summed E-state index contributed by atoms with van der Waals surface area (Å²) in [6, 6.07) is 13.2. The summed E-state index contributed by atoms with van der Waals surface area (Å²) in [6.07, 6.45) is 0.296. The SMILES string of the molecule is CN(C)c1ccc(Br)cc1NC(=O)Cc1cccc(N)c1. The van der Waals surface area contributed by atoms with E-state index >= 15 is 0 Å². The number of hydrogen-bond donors (Lipinski definition) is 2. The molecule has 0 saturated heterocycles. The van der Waals surface area contributed by atoms with Crippen molar-refractivity contribution in [3.8, 4) is 0 Å². The third-order valence-electron chi connectivity index (χ3n) is 3.03. The Morgan fingerprint density at radius 2 is 2.00 bits per heavy atom. The minimum Gasteiger partial charge on any atom is -0.399 e. The van der Waals surface area contributed by atoms with E-state index in [0.717, 1.165) is 21.4 Å². The molecule has 110 valence electrons. The molecule has 2 aromatic rings.